The molecule has 1 amide bonds. The van der Waals surface area contributed by atoms with Gasteiger partial charge in [-0.15, -0.1) is 0 Å². The second-order valence-corrected chi connectivity index (χ2v) is 6.86. The molecule has 1 saturated heterocycles. The van der Waals surface area contributed by atoms with E-state index in [0.29, 0.717) is 0 Å². The average Bonchev–Trinajstić information content (AvgIpc) is 2.71. The highest BCUT2D eigenvalue weighted by molar-refractivity contribution is 9.10. The minimum Gasteiger partial charge on any atom is -0.478 e. The van der Waals surface area contributed by atoms with Crippen molar-refractivity contribution < 1.29 is 23.9 Å². The highest BCUT2D eigenvalue weighted by Crippen LogP contribution is 2.33. The Morgan fingerprint density at radius 2 is 2.14 bits per heavy atom. The van der Waals surface area contributed by atoms with Gasteiger partial charge in [-0.2, -0.15) is 0 Å². The van der Waals surface area contributed by atoms with Crippen molar-refractivity contribution in [1.29, 1.82) is 0 Å². The first-order valence-corrected chi connectivity index (χ1v) is 7.66. The second-order valence-electron chi connectivity index (χ2n) is 4.53. The molecule has 1 aromatic carbocycles. The number of aromatic carboxylic acids is 1. The highest BCUT2D eigenvalue weighted by atomic mass is 79.9. The lowest BCUT2D eigenvalue weighted by Gasteiger charge is -2.19. The molecule has 1 aromatic rings. The fourth-order valence-electron chi connectivity index (χ4n) is 2.15. The van der Waals surface area contributed by atoms with Gasteiger partial charge in [0.15, 0.2) is 5.12 Å². The Kier molecular flexibility index (Phi) is 4.67. The largest absolute Gasteiger partial charge is 0.478 e. The summed E-state index contributed by atoms with van der Waals surface area (Å²) in [5.74, 6) is -2.22. The van der Waals surface area contributed by atoms with Gasteiger partial charge in [-0.1, -0.05) is 11.8 Å². The molecule has 1 aliphatic rings. The van der Waals surface area contributed by atoms with Crippen LogP contribution >= 0.6 is 27.7 Å². The van der Waals surface area contributed by atoms with Crippen molar-refractivity contribution in [2.75, 3.05) is 11.4 Å². The zero-order valence-corrected chi connectivity index (χ0v) is 13.3. The van der Waals surface area contributed by atoms with Crippen LogP contribution in [0.15, 0.2) is 16.6 Å². The standard InChI is InChI=1S/C13H11BrFNO4S/c1-6(17)21-7-2-12(18)16(5-7)11-4-10(15)9(14)3-8(11)13(19)20/h3-4,7H,2,5H2,1H3,(H,19,20). The van der Waals surface area contributed by atoms with Crippen LogP contribution in [0, 0.1) is 5.82 Å². The summed E-state index contributed by atoms with van der Waals surface area (Å²) in [6.07, 6.45) is 0.126. The van der Waals surface area contributed by atoms with Gasteiger partial charge in [0.2, 0.25) is 5.91 Å². The minimum atomic E-state index is -1.25. The molecule has 0 aliphatic carbocycles. The average molecular weight is 376 g/mol. The van der Waals surface area contributed by atoms with E-state index >= 15 is 0 Å². The molecule has 1 unspecified atom stereocenters. The fourth-order valence-corrected chi connectivity index (χ4v) is 3.41. The molecule has 1 fully saturated rings. The topological polar surface area (TPSA) is 74.7 Å². The third-order valence-corrected chi connectivity index (χ3v) is 4.57. The summed E-state index contributed by atoms with van der Waals surface area (Å²) in [7, 11) is 0. The van der Waals surface area contributed by atoms with Crippen LogP contribution in [0.4, 0.5) is 10.1 Å². The number of anilines is 1. The molecule has 1 aliphatic heterocycles. The first-order valence-electron chi connectivity index (χ1n) is 5.99. The Morgan fingerprint density at radius 3 is 2.71 bits per heavy atom. The maximum atomic E-state index is 13.7. The van der Waals surface area contributed by atoms with E-state index in [9.17, 15) is 23.9 Å². The van der Waals surface area contributed by atoms with Crippen molar-refractivity contribution in [1.82, 2.24) is 0 Å². The molecular weight excluding hydrogens is 365 g/mol. The maximum absolute atomic E-state index is 13.7. The zero-order chi connectivity index (χ0) is 15.7. The van der Waals surface area contributed by atoms with E-state index in [1.54, 1.807) is 0 Å². The van der Waals surface area contributed by atoms with E-state index < -0.39 is 11.8 Å². The van der Waals surface area contributed by atoms with Crippen LogP contribution in [0.1, 0.15) is 23.7 Å². The zero-order valence-electron chi connectivity index (χ0n) is 10.9. The van der Waals surface area contributed by atoms with Crippen molar-refractivity contribution in [3.05, 3.63) is 28.0 Å². The van der Waals surface area contributed by atoms with Crippen LogP contribution in [0.25, 0.3) is 0 Å². The number of benzene rings is 1. The van der Waals surface area contributed by atoms with Crippen LogP contribution in [-0.4, -0.2) is 33.9 Å². The van der Waals surface area contributed by atoms with Crippen LogP contribution < -0.4 is 4.90 Å². The normalized spacial score (nSPS) is 18.1. The third-order valence-electron chi connectivity index (χ3n) is 2.98. The van der Waals surface area contributed by atoms with Gasteiger partial charge in [0.25, 0.3) is 0 Å². The number of hydrogen-bond acceptors (Lipinski definition) is 4. The van der Waals surface area contributed by atoms with Gasteiger partial charge in [0.05, 0.1) is 15.7 Å². The number of nitrogens with zero attached hydrogens (tertiary/aromatic N) is 1. The molecule has 5 nitrogen and oxygen atoms in total. The lowest BCUT2D eigenvalue weighted by atomic mass is 10.1. The molecule has 0 saturated carbocycles. The van der Waals surface area contributed by atoms with E-state index in [0.717, 1.165) is 23.9 Å². The van der Waals surface area contributed by atoms with Crippen molar-refractivity contribution in [2.45, 2.75) is 18.6 Å². The van der Waals surface area contributed by atoms with E-state index in [1.165, 1.54) is 11.8 Å². The minimum absolute atomic E-state index is 0.0138. The number of carbonyl (C=O) groups excluding carboxylic acids is 2. The van der Waals surface area contributed by atoms with E-state index in [1.807, 2.05) is 0 Å². The Morgan fingerprint density at radius 1 is 1.48 bits per heavy atom. The Bertz CT molecular complexity index is 637. The van der Waals surface area contributed by atoms with Gasteiger partial charge in [-0.3, -0.25) is 9.59 Å². The summed E-state index contributed by atoms with van der Waals surface area (Å²) in [6, 6.07) is 2.15. The van der Waals surface area contributed by atoms with Gasteiger partial charge < -0.3 is 10.0 Å². The summed E-state index contributed by atoms with van der Waals surface area (Å²) < 4.78 is 13.7. The summed E-state index contributed by atoms with van der Waals surface area (Å²) in [6.45, 7) is 1.59. The van der Waals surface area contributed by atoms with Crippen LogP contribution in [-0.2, 0) is 9.59 Å². The molecule has 0 aromatic heterocycles. The molecule has 0 radical (unpaired) electrons. The predicted octanol–water partition coefficient (Wildman–Crippen LogP) is 2.67. The molecule has 2 rings (SSSR count). The number of carboxylic acid groups (broad SMARTS) is 1. The molecule has 0 spiro atoms. The smallest absolute Gasteiger partial charge is 0.337 e. The third kappa shape index (κ3) is 3.44. The van der Waals surface area contributed by atoms with E-state index in [-0.39, 0.29) is 45.0 Å². The quantitative estimate of drug-likeness (QED) is 0.878. The van der Waals surface area contributed by atoms with Gasteiger partial charge in [0, 0.05) is 25.1 Å². The number of amides is 1. The Balaban J connectivity index is 2.37. The lowest BCUT2D eigenvalue weighted by molar-refractivity contribution is -0.117. The SMILES string of the molecule is CC(=O)SC1CC(=O)N(c2cc(F)c(Br)cc2C(=O)O)C1. The van der Waals surface area contributed by atoms with Gasteiger partial charge in [-0.05, 0) is 28.1 Å². The van der Waals surface area contributed by atoms with Crippen molar-refractivity contribution in [2.24, 2.45) is 0 Å². The molecule has 0 bridgehead atoms. The molecule has 21 heavy (non-hydrogen) atoms. The van der Waals surface area contributed by atoms with Gasteiger partial charge in [0.1, 0.15) is 5.82 Å². The number of carbonyl (C=O) groups is 3. The Hall–Kier alpha value is -1.41. The lowest BCUT2D eigenvalue weighted by Crippen LogP contribution is -2.27. The van der Waals surface area contributed by atoms with Gasteiger partial charge in [-0.25, -0.2) is 9.18 Å². The summed E-state index contributed by atoms with van der Waals surface area (Å²) in [5.41, 5.74) is -0.148. The molecule has 1 atom stereocenters. The molecule has 1 N–H and O–H groups in total. The van der Waals surface area contributed by atoms with Crippen molar-refractivity contribution >= 4 is 50.4 Å². The monoisotopic (exact) mass is 375 g/mol. The molecule has 8 heteroatoms. The van der Waals surface area contributed by atoms with E-state index in [4.69, 9.17) is 0 Å². The number of rotatable bonds is 3. The predicted molar refractivity (Wildman–Crippen MR) is 80.1 cm³/mol. The summed E-state index contributed by atoms with van der Waals surface area (Å²) >= 11 is 3.96. The molecular formula is C13H11BrFNO4S. The van der Waals surface area contributed by atoms with Crippen LogP contribution in [0.3, 0.4) is 0 Å². The maximum Gasteiger partial charge on any atom is 0.337 e. The van der Waals surface area contributed by atoms with Crippen molar-refractivity contribution in [3.63, 3.8) is 0 Å². The summed E-state index contributed by atoms with van der Waals surface area (Å²) in [4.78, 5) is 35.6. The number of carboxylic acids is 1. The van der Waals surface area contributed by atoms with Crippen molar-refractivity contribution in [3.8, 4) is 0 Å². The number of hydrogen-bond donors (Lipinski definition) is 1. The van der Waals surface area contributed by atoms with E-state index in [2.05, 4.69) is 15.9 Å². The molecule has 1 heterocycles. The first kappa shape index (κ1) is 16.0. The highest BCUT2D eigenvalue weighted by Gasteiger charge is 2.34. The first-order chi connectivity index (χ1) is 9.79. The number of halogens is 2. The second kappa shape index (κ2) is 6.15. The fraction of sp³-hybridized carbons (Fsp3) is 0.308. The van der Waals surface area contributed by atoms with Crippen LogP contribution in [0.5, 0.6) is 0 Å². The summed E-state index contributed by atoms with van der Waals surface area (Å²) in [5, 5.41) is 8.84. The Labute approximate surface area is 132 Å². The van der Waals surface area contributed by atoms with Gasteiger partial charge >= 0.3 is 5.97 Å². The molecule has 112 valence electrons. The van der Waals surface area contributed by atoms with Crippen LogP contribution in [0.2, 0.25) is 0 Å². The number of thioether (sulfide) groups is 1.